The Balaban J connectivity index is 1.80. The SMILES string of the molecule is O=CC1/C(=N/Nc2ccc(Br)cc2)c2cccc3cccc1c23. The van der Waals surface area contributed by atoms with Crippen molar-refractivity contribution >= 4 is 44.4 Å². The van der Waals surface area contributed by atoms with E-state index >= 15 is 0 Å². The smallest absolute Gasteiger partial charge is 0.133 e. The molecule has 0 amide bonds. The zero-order valence-corrected chi connectivity index (χ0v) is 13.7. The summed E-state index contributed by atoms with van der Waals surface area (Å²) >= 11 is 3.41. The third kappa shape index (κ3) is 2.35. The van der Waals surface area contributed by atoms with Crippen molar-refractivity contribution < 1.29 is 4.79 Å². The van der Waals surface area contributed by atoms with E-state index in [4.69, 9.17) is 0 Å². The highest BCUT2D eigenvalue weighted by molar-refractivity contribution is 9.10. The standard InChI is InChI=1S/C19H13BrN2O/c20-13-7-9-14(10-8-13)21-22-19-16-6-2-4-12-3-1-5-15(18(12)16)17(19)11-23/h1-11,17,21H/b22-19+. The molecule has 3 aromatic rings. The average Bonchev–Trinajstić information content (AvgIpc) is 2.90. The van der Waals surface area contributed by atoms with Gasteiger partial charge in [0.15, 0.2) is 0 Å². The fourth-order valence-corrected chi connectivity index (χ4v) is 3.34. The second-order valence-electron chi connectivity index (χ2n) is 5.48. The van der Waals surface area contributed by atoms with Crippen molar-refractivity contribution in [1.29, 1.82) is 0 Å². The number of hydrogen-bond acceptors (Lipinski definition) is 3. The first-order valence-electron chi connectivity index (χ1n) is 7.34. The van der Waals surface area contributed by atoms with Gasteiger partial charge in [-0.3, -0.25) is 5.43 Å². The number of hydrogen-bond donors (Lipinski definition) is 1. The van der Waals surface area contributed by atoms with Crippen LogP contribution in [0, 0.1) is 0 Å². The molecule has 0 spiro atoms. The third-order valence-corrected chi connectivity index (χ3v) is 4.66. The molecule has 0 aromatic heterocycles. The highest BCUT2D eigenvalue weighted by atomic mass is 79.9. The zero-order chi connectivity index (χ0) is 15.8. The van der Waals surface area contributed by atoms with Crippen LogP contribution >= 0.6 is 15.9 Å². The quantitative estimate of drug-likeness (QED) is 0.539. The number of nitrogens with zero attached hydrogens (tertiary/aromatic N) is 1. The van der Waals surface area contributed by atoms with Gasteiger partial charge in [0.05, 0.1) is 17.3 Å². The average molecular weight is 365 g/mol. The van der Waals surface area contributed by atoms with Crippen LogP contribution in [0.4, 0.5) is 5.69 Å². The van der Waals surface area contributed by atoms with E-state index in [0.29, 0.717) is 0 Å². The van der Waals surface area contributed by atoms with E-state index in [0.717, 1.165) is 44.1 Å². The van der Waals surface area contributed by atoms with Crippen LogP contribution < -0.4 is 5.43 Å². The number of carbonyl (C=O) groups excluding carboxylic acids is 1. The minimum Gasteiger partial charge on any atom is -0.302 e. The van der Waals surface area contributed by atoms with Gasteiger partial charge in [0.2, 0.25) is 0 Å². The molecular formula is C19H13BrN2O. The Labute approximate surface area is 142 Å². The lowest BCUT2D eigenvalue weighted by Gasteiger charge is -2.07. The summed E-state index contributed by atoms with van der Waals surface area (Å²) in [6.07, 6.45) is 0.969. The number of hydrazone groups is 1. The summed E-state index contributed by atoms with van der Waals surface area (Å²) in [5, 5.41) is 6.80. The molecule has 1 aliphatic carbocycles. The van der Waals surface area contributed by atoms with Crippen LogP contribution in [-0.4, -0.2) is 12.0 Å². The maximum Gasteiger partial charge on any atom is 0.133 e. The maximum absolute atomic E-state index is 11.7. The lowest BCUT2D eigenvalue weighted by Crippen LogP contribution is -2.11. The summed E-state index contributed by atoms with van der Waals surface area (Å²) in [5.41, 5.74) is 6.78. The van der Waals surface area contributed by atoms with Crippen molar-refractivity contribution in [3.05, 3.63) is 76.3 Å². The molecule has 4 rings (SSSR count). The second kappa shape index (κ2) is 5.63. The molecule has 4 heteroatoms. The molecule has 23 heavy (non-hydrogen) atoms. The molecule has 0 saturated carbocycles. The first kappa shape index (κ1) is 14.2. The van der Waals surface area contributed by atoms with Crippen molar-refractivity contribution in [1.82, 2.24) is 0 Å². The number of nitrogens with one attached hydrogen (secondary N) is 1. The van der Waals surface area contributed by atoms with Crippen LogP contribution in [0.15, 0.2) is 70.2 Å². The molecule has 0 heterocycles. The molecule has 0 fully saturated rings. The number of rotatable bonds is 3. The van der Waals surface area contributed by atoms with Crippen LogP contribution in [0.5, 0.6) is 0 Å². The Morgan fingerprint density at radius 3 is 2.48 bits per heavy atom. The number of halogens is 1. The molecule has 0 saturated heterocycles. The van der Waals surface area contributed by atoms with Crippen LogP contribution in [0.25, 0.3) is 10.8 Å². The second-order valence-corrected chi connectivity index (χ2v) is 6.40. The van der Waals surface area contributed by atoms with E-state index in [2.05, 4.69) is 38.6 Å². The van der Waals surface area contributed by atoms with Crippen molar-refractivity contribution in [2.75, 3.05) is 5.43 Å². The van der Waals surface area contributed by atoms with Gasteiger partial charge in [0.1, 0.15) is 6.29 Å². The van der Waals surface area contributed by atoms with E-state index in [1.807, 2.05) is 48.5 Å². The summed E-state index contributed by atoms with van der Waals surface area (Å²) in [4.78, 5) is 11.7. The van der Waals surface area contributed by atoms with Crippen LogP contribution in [0.1, 0.15) is 17.0 Å². The van der Waals surface area contributed by atoms with Crippen molar-refractivity contribution in [3.8, 4) is 0 Å². The molecule has 112 valence electrons. The van der Waals surface area contributed by atoms with Crippen LogP contribution in [-0.2, 0) is 4.79 Å². The Morgan fingerprint density at radius 1 is 1.00 bits per heavy atom. The molecule has 0 radical (unpaired) electrons. The number of anilines is 1. The van der Waals surface area contributed by atoms with Crippen molar-refractivity contribution in [3.63, 3.8) is 0 Å². The van der Waals surface area contributed by atoms with Crippen LogP contribution in [0.3, 0.4) is 0 Å². The molecule has 3 nitrogen and oxygen atoms in total. The summed E-state index contributed by atoms with van der Waals surface area (Å²) in [6.45, 7) is 0. The number of carbonyl (C=O) groups is 1. The molecule has 1 aliphatic rings. The molecule has 1 atom stereocenters. The molecular weight excluding hydrogens is 352 g/mol. The lowest BCUT2D eigenvalue weighted by atomic mass is 10.0. The van der Waals surface area contributed by atoms with E-state index in [1.165, 1.54) is 0 Å². The molecule has 3 aromatic carbocycles. The minimum absolute atomic E-state index is 0.320. The van der Waals surface area contributed by atoms with Gasteiger partial charge in [-0.05, 0) is 40.6 Å². The Hall–Kier alpha value is -2.46. The summed E-state index contributed by atoms with van der Waals surface area (Å²) in [7, 11) is 0. The first-order valence-corrected chi connectivity index (χ1v) is 8.13. The Bertz CT molecular complexity index is 927. The molecule has 0 aliphatic heterocycles. The normalized spacial score (nSPS) is 17.6. The number of benzene rings is 3. The highest BCUT2D eigenvalue weighted by Crippen LogP contribution is 2.37. The van der Waals surface area contributed by atoms with Gasteiger partial charge in [-0.15, -0.1) is 0 Å². The lowest BCUT2D eigenvalue weighted by molar-refractivity contribution is -0.107. The van der Waals surface area contributed by atoms with Crippen LogP contribution in [0.2, 0.25) is 0 Å². The summed E-state index contributed by atoms with van der Waals surface area (Å²) in [6, 6.07) is 19.9. The third-order valence-electron chi connectivity index (χ3n) is 4.13. The first-order chi connectivity index (χ1) is 11.3. The van der Waals surface area contributed by atoms with Gasteiger partial charge >= 0.3 is 0 Å². The van der Waals surface area contributed by atoms with E-state index in [1.54, 1.807) is 0 Å². The van der Waals surface area contributed by atoms with Gasteiger partial charge < -0.3 is 4.79 Å². The summed E-state index contributed by atoms with van der Waals surface area (Å²) < 4.78 is 1.01. The van der Waals surface area contributed by atoms with Gasteiger partial charge in [-0.25, -0.2) is 0 Å². The monoisotopic (exact) mass is 364 g/mol. The van der Waals surface area contributed by atoms with E-state index < -0.39 is 0 Å². The Morgan fingerprint density at radius 2 is 1.74 bits per heavy atom. The predicted molar refractivity (Wildman–Crippen MR) is 97.1 cm³/mol. The predicted octanol–water partition coefficient (Wildman–Crippen LogP) is 4.71. The van der Waals surface area contributed by atoms with Crippen molar-refractivity contribution in [2.24, 2.45) is 5.10 Å². The summed E-state index contributed by atoms with van der Waals surface area (Å²) in [5.74, 6) is -0.320. The number of aldehydes is 1. The fraction of sp³-hybridized carbons (Fsp3) is 0.0526. The molecule has 1 N–H and O–H groups in total. The van der Waals surface area contributed by atoms with Gasteiger partial charge in [-0.1, -0.05) is 52.3 Å². The fourth-order valence-electron chi connectivity index (χ4n) is 3.07. The largest absolute Gasteiger partial charge is 0.302 e. The highest BCUT2D eigenvalue weighted by Gasteiger charge is 2.30. The molecule has 0 bridgehead atoms. The molecule has 1 unspecified atom stereocenters. The van der Waals surface area contributed by atoms with E-state index in [9.17, 15) is 4.79 Å². The minimum atomic E-state index is -0.320. The van der Waals surface area contributed by atoms with Crippen molar-refractivity contribution in [2.45, 2.75) is 5.92 Å². The Kier molecular flexibility index (Phi) is 3.46. The maximum atomic E-state index is 11.7. The van der Waals surface area contributed by atoms with Gasteiger partial charge in [0, 0.05) is 10.0 Å². The zero-order valence-electron chi connectivity index (χ0n) is 12.2. The topological polar surface area (TPSA) is 41.5 Å². The van der Waals surface area contributed by atoms with E-state index in [-0.39, 0.29) is 5.92 Å². The van der Waals surface area contributed by atoms with Gasteiger partial charge in [0.25, 0.3) is 0 Å². The van der Waals surface area contributed by atoms with Gasteiger partial charge in [-0.2, -0.15) is 5.10 Å².